The minimum absolute atomic E-state index is 0.0541. The van der Waals surface area contributed by atoms with Gasteiger partial charge in [0.1, 0.15) is 11.5 Å². The number of nitrogens with one attached hydrogen (secondary N) is 1. The van der Waals surface area contributed by atoms with Crippen LogP contribution in [-0.2, 0) is 23.1 Å². The second-order valence-corrected chi connectivity index (χ2v) is 7.09. The van der Waals surface area contributed by atoms with Crippen molar-refractivity contribution in [2.24, 2.45) is 13.0 Å². The van der Waals surface area contributed by atoms with Crippen LogP contribution in [0.25, 0.3) is 0 Å². The quantitative estimate of drug-likeness (QED) is 0.795. The highest BCUT2D eigenvalue weighted by atomic mass is 19.3. The van der Waals surface area contributed by atoms with Crippen molar-refractivity contribution >= 4 is 11.5 Å². The van der Waals surface area contributed by atoms with Crippen molar-refractivity contribution in [2.45, 2.75) is 44.6 Å². The molecule has 0 radical (unpaired) electrons. The maximum absolute atomic E-state index is 13.1. The number of hydrogen-bond donors (Lipinski definition) is 1. The lowest BCUT2D eigenvalue weighted by Gasteiger charge is -2.35. The number of nitrogens with zero attached hydrogens (tertiary/aromatic N) is 3. The molecule has 0 unspecified atom stereocenters. The van der Waals surface area contributed by atoms with Crippen LogP contribution in [0.3, 0.4) is 0 Å². The maximum atomic E-state index is 13.1. The van der Waals surface area contributed by atoms with Gasteiger partial charge in [0, 0.05) is 26.4 Å². The molecule has 2 aliphatic heterocycles. The Hall–Kier alpha value is -1.94. The molecule has 1 saturated heterocycles. The molecular formula is C16H22F2N4O4. The van der Waals surface area contributed by atoms with Gasteiger partial charge in [-0.3, -0.25) is 18.8 Å². The van der Waals surface area contributed by atoms with Gasteiger partial charge in [0.15, 0.2) is 5.79 Å². The molecule has 0 aromatic carbocycles. The molecule has 3 heterocycles. The van der Waals surface area contributed by atoms with E-state index in [-0.39, 0.29) is 30.6 Å². The minimum Gasteiger partial charge on any atom is -0.360 e. The Morgan fingerprint density at radius 3 is 2.50 bits per heavy atom. The lowest BCUT2D eigenvalue weighted by Crippen LogP contribution is -2.43. The summed E-state index contributed by atoms with van der Waals surface area (Å²) in [7, 11) is 1.41. The average Bonchev–Trinajstić information content (AvgIpc) is 3.26. The van der Waals surface area contributed by atoms with E-state index in [1.165, 1.54) is 7.05 Å². The van der Waals surface area contributed by atoms with Gasteiger partial charge in [0.25, 0.3) is 5.56 Å². The monoisotopic (exact) mass is 372 g/mol. The van der Waals surface area contributed by atoms with E-state index in [1.807, 2.05) is 0 Å². The molecule has 4 rings (SSSR count). The molecule has 0 amide bonds. The first-order valence-electron chi connectivity index (χ1n) is 8.82. The molecule has 1 N–H and O–H groups in total. The molecule has 8 nitrogen and oxygen atoms in total. The molecule has 3 aliphatic rings. The second kappa shape index (κ2) is 6.34. The number of anilines is 2. The van der Waals surface area contributed by atoms with E-state index < -0.39 is 23.6 Å². The first-order chi connectivity index (χ1) is 12.4. The largest absolute Gasteiger partial charge is 0.360 e. The molecule has 1 aliphatic carbocycles. The summed E-state index contributed by atoms with van der Waals surface area (Å²) in [4.78, 5) is 26.0. The van der Waals surface area contributed by atoms with Crippen molar-refractivity contribution in [2.75, 3.05) is 30.1 Å². The van der Waals surface area contributed by atoms with Crippen LogP contribution in [0, 0.1) is 5.92 Å². The van der Waals surface area contributed by atoms with Gasteiger partial charge in [0.05, 0.1) is 19.9 Å². The number of ether oxygens (including phenoxy) is 2. The van der Waals surface area contributed by atoms with Crippen LogP contribution >= 0.6 is 0 Å². The van der Waals surface area contributed by atoms with Crippen molar-refractivity contribution < 1.29 is 18.3 Å². The molecule has 26 heavy (non-hydrogen) atoms. The normalized spacial score (nSPS) is 22.2. The Bertz CT molecular complexity index is 806. The molecule has 1 aromatic heterocycles. The van der Waals surface area contributed by atoms with Crippen LogP contribution in [-0.4, -0.2) is 41.4 Å². The molecule has 144 valence electrons. The minimum atomic E-state index is -2.79. The number of fused-ring (bicyclic) bond motifs is 1. The Balaban J connectivity index is 1.58. The number of hydrogen-bond acceptors (Lipinski definition) is 6. The van der Waals surface area contributed by atoms with Gasteiger partial charge in [-0.2, -0.15) is 8.78 Å². The maximum Gasteiger partial charge on any atom is 0.332 e. The summed E-state index contributed by atoms with van der Waals surface area (Å²) in [6.07, 6.45) is 3.02. The summed E-state index contributed by atoms with van der Waals surface area (Å²) in [6.45, 7) is -1.51. The van der Waals surface area contributed by atoms with Gasteiger partial charge in [0.2, 0.25) is 0 Å². The Labute approximate surface area is 148 Å². The Morgan fingerprint density at radius 1 is 1.23 bits per heavy atom. The van der Waals surface area contributed by atoms with E-state index in [0.717, 1.165) is 34.8 Å². The van der Waals surface area contributed by atoms with Gasteiger partial charge in [-0.25, -0.2) is 4.79 Å². The van der Waals surface area contributed by atoms with Crippen LogP contribution in [0.5, 0.6) is 0 Å². The van der Waals surface area contributed by atoms with E-state index in [9.17, 15) is 18.4 Å². The van der Waals surface area contributed by atoms with Crippen molar-refractivity contribution in [3.8, 4) is 0 Å². The van der Waals surface area contributed by atoms with Crippen LogP contribution in [0.15, 0.2) is 9.59 Å². The standard InChI is InChI=1S/C16H22F2N4O4/c1-20-12-11(19-9-22(12)14(17)18)13(23)21(15(20)24)8-10-2-4-16(5-3-10)25-6-7-26-16/h10,14,19H,2-9H2,1H3. The summed E-state index contributed by atoms with van der Waals surface area (Å²) in [5.74, 6) is -0.407. The molecule has 10 heteroatoms. The number of aromatic nitrogens is 2. The van der Waals surface area contributed by atoms with E-state index in [2.05, 4.69) is 5.32 Å². The molecule has 1 aromatic rings. The van der Waals surface area contributed by atoms with E-state index in [4.69, 9.17) is 9.47 Å². The number of rotatable bonds is 3. The van der Waals surface area contributed by atoms with E-state index in [1.54, 1.807) is 0 Å². The Morgan fingerprint density at radius 2 is 1.88 bits per heavy atom. The van der Waals surface area contributed by atoms with E-state index >= 15 is 0 Å². The van der Waals surface area contributed by atoms with Gasteiger partial charge in [-0.1, -0.05) is 0 Å². The van der Waals surface area contributed by atoms with Crippen LogP contribution in [0.4, 0.5) is 20.3 Å². The summed E-state index contributed by atoms with van der Waals surface area (Å²) in [5.41, 5.74) is -1.06. The second-order valence-electron chi connectivity index (χ2n) is 7.09. The third kappa shape index (κ3) is 2.71. The molecular weight excluding hydrogens is 350 g/mol. The predicted octanol–water partition coefficient (Wildman–Crippen LogP) is 0.892. The Kier molecular flexibility index (Phi) is 4.26. The lowest BCUT2D eigenvalue weighted by atomic mass is 9.85. The van der Waals surface area contributed by atoms with Crippen molar-refractivity contribution in [3.05, 3.63) is 20.8 Å². The highest BCUT2D eigenvalue weighted by Gasteiger charge is 2.40. The summed E-state index contributed by atoms with van der Waals surface area (Å²) < 4.78 is 39.9. The van der Waals surface area contributed by atoms with Gasteiger partial charge in [-0.15, -0.1) is 0 Å². The third-order valence-corrected chi connectivity index (χ3v) is 5.57. The highest BCUT2D eigenvalue weighted by molar-refractivity contribution is 5.70. The molecule has 0 bridgehead atoms. The fourth-order valence-electron chi connectivity index (χ4n) is 4.15. The molecule has 1 saturated carbocycles. The SMILES string of the molecule is Cn1c2c(c(=O)n(CC3CCC4(CC3)OCCO4)c1=O)NCN2C(F)F. The zero-order chi connectivity index (χ0) is 18.5. The molecule has 2 fully saturated rings. The number of alkyl halides is 2. The smallest absolute Gasteiger partial charge is 0.332 e. The first kappa shape index (κ1) is 17.5. The van der Waals surface area contributed by atoms with Gasteiger partial charge >= 0.3 is 12.2 Å². The predicted molar refractivity (Wildman–Crippen MR) is 89.5 cm³/mol. The lowest BCUT2D eigenvalue weighted by molar-refractivity contribution is -0.183. The van der Waals surface area contributed by atoms with Crippen molar-refractivity contribution in [1.82, 2.24) is 9.13 Å². The summed E-state index contributed by atoms with van der Waals surface area (Å²) in [6, 6.07) is 0. The first-order valence-corrected chi connectivity index (χ1v) is 8.82. The van der Waals surface area contributed by atoms with Crippen LogP contribution in [0.2, 0.25) is 0 Å². The van der Waals surface area contributed by atoms with Crippen molar-refractivity contribution in [1.29, 1.82) is 0 Å². The number of halogens is 2. The topological polar surface area (TPSA) is 77.7 Å². The fourth-order valence-corrected chi connectivity index (χ4v) is 4.15. The van der Waals surface area contributed by atoms with Gasteiger partial charge in [-0.05, 0) is 18.8 Å². The average molecular weight is 372 g/mol. The van der Waals surface area contributed by atoms with Gasteiger partial charge < -0.3 is 14.8 Å². The zero-order valence-electron chi connectivity index (χ0n) is 14.5. The zero-order valence-corrected chi connectivity index (χ0v) is 14.5. The highest BCUT2D eigenvalue weighted by Crippen LogP contribution is 2.38. The molecule has 0 atom stereocenters. The van der Waals surface area contributed by atoms with Crippen LogP contribution < -0.4 is 21.5 Å². The summed E-state index contributed by atoms with van der Waals surface area (Å²) >= 11 is 0. The summed E-state index contributed by atoms with van der Waals surface area (Å²) in [5, 5.41) is 2.70. The fraction of sp³-hybridized carbons (Fsp3) is 0.750. The molecule has 1 spiro atoms. The van der Waals surface area contributed by atoms with E-state index in [0.29, 0.717) is 18.1 Å². The third-order valence-electron chi connectivity index (χ3n) is 5.57. The van der Waals surface area contributed by atoms with Crippen LogP contribution in [0.1, 0.15) is 25.7 Å². The van der Waals surface area contributed by atoms with Crippen molar-refractivity contribution in [3.63, 3.8) is 0 Å².